The number of rotatable bonds is 3. The molecule has 0 spiro atoms. The van der Waals surface area contributed by atoms with Crippen molar-refractivity contribution in [1.82, 2.24) is 12.3 Å². The lowest BCUT2D eigenvalue weighted by molar-refractivity contribution is 0.321. The topological polar surface area (TPSA) is 174 Å². The molecule has 0 radical (unpaired) electrons. The van der Waals surface area contributed by atoms with Crippen LogP contribution in [-0.4, -0.2) is 27.4 Å². The zero-order valence-corrected chi connectivity index (χ0v) is 9.53. The average molecular weight is 261 g/mol. The molecule has 2 atom stereocenters. The largest absolute Gasteiger partial charge is 0.395 e. The fourth-order valence-corrected chi connectivity index (χ4v) is 0.672. The van der Waals surface area contributed by atoms with E-state index in [1.54, 1.807) is 0 Å². The Morgan fingerprint density at radius 2 is 1.38 bits per heavy atom. The average Bonchev–Trinajstić information content (AvgIpc) is 1.85. The van der Waals surface area contributed by atoms with Gasteiger partial charge < -0.3 is 27.2 Å². The van der Waals surface area contributed by atoms with Crippen LogP contribution in [0.3, 0.4) is 0 Å². The van der Waals surface area contributed by atoms with Crippen LogP contribution in [-0.2, 0) is 13.4 Å². The maximum absolute atomic E-state index is 9.44. The van der Waals surface area contributed by atoms with Gasteiger partial charge in [-0.05, 0) is 0 Å². The van der Waals surface area contributed by atoms with Gasteiger partial charge in [-0.15, -0.1) is 11.6 Å². The van der Waals surface area contributed by atoms with Crippen molar-refractivity contribution in [2.45, 2.75) is 0 Å². The molecule has 0 saturated carbocycles. The van der Waals surface area contributed by atoms with Crippen LogP contribution in [0.5, 0.6) is 0 Å². The van der Waals surface area contributed by atoms with Crippen LogP contribution < -0.4 is 12.3 Å². The Morgan fingerprint density at radius 1 is 1.15 bits per heavy atom. The maximum atomic E-state index is 9.44. The Bertz CT molecular complexity index is 122. The molecule has 0 aromatic heterocycles. The first-order valence-corrected chi connectivity index (χ1v) is 5.41. The van der Waals surface area contributed by atoms with E-state index in [-0.39, 0.29) is 18.9 Å². The summed E-state index contributed by atoms with van der Waals surface area (Å²) < 4.78 is 22.3. The van der Waals surface area contributed by atoms with Crippen molar-refractivity contribution < 1.29 is 28.3 Å². The van der Waals surface area contributed by atoms with Gasteiger partial charge >= 0.3 is 16.5 Å². The summed E-state index contributed by atoms with van der Waals surface area (Å²) in [4.78, 5) is 15.4. The van der Waals surface area contributed by atoms with Crippen molar-refractivity contribution in [3.8, 4) is 0 Å². The van der Waals surface area contributed by atoms with Crippen molar-refractivity contribution in [2.75, 3.05) is 12.5 Å². The molecular weight excluding hydrogens is 245 g/mol. The molecule has 0 heterocycles. The molecule has 0 aliphatic carbocycles. The molecule has 0 aliphatic heterocycles. The van der Waals surface area contributed by atoms with Gasteiger partial charge in [-0.2, -0.15) is 0 Å². The molecule has 86 valence electrons. The van der Waals surface area contributed by atoms with E-state index in [0.29, 0.717) is 5.88 Å². The second kappa shape index (κ2) is 18.3. The highest BCUT2D eigenvalue weighted by Crippen LogP contribution is 2.30. The van der Waals surface area contributed by atoms with Crippen LogP contribution in [0.15, 0.2) is 0 Å². The van der Waals surface area contributed by atoms with Crippen molar-refractivity contribution in [3.63, 3.8) is 0 Å². The van der Waals surface area contributed by atoms with Crippen molar-refractivity contribution in [2.24, 2.45) is 0 Å². The fraction of sp³-hybridized carbons (Fsp3) is 1.00. The lowest BCUT2D eigenvalue weighted by atomic mass is 10.9. The van der Waals surface area contributed by atoms with Gasteiger partial charge in [0, 0.05) is 5.88 Å². The lowest BCUT2D eigenvalue weighted by Crippen LogP contribution is -1.76. The molecule has 8 nitrogen and oxygen atoms in total. The molecule has 9 N–H and O–H groups in total. The molecule has 0 saturated heterocycles. The number of hydrogen-bond donors (Lipinski definition) is 5. The standard InChI is InChI=1S/C2H5ClO.2H3N.H4O5P2/c3-1-2-4;;;1-6(2)5-7(3)4/h4H,1-2H2;2*1H3;6-7H,(H,1,2)(H,3,4). The van der Waals surface area contributed by atoms with Crippen LogP contribution in [0.2, 0.25) is 0 Å². The minimum atomic E-state index is -3.20. The third kappa shape index (κ3) is 45.5. The first-order chi connectivity index (χ1) is 5.04. The van der Waals surface area contributed by atoms with Gasteiger partial charge in [0.25, 0.3) is 0 Å². The maximum Gasteiger partial charge on any atom is 0.323 e. The first kappa shape index (κ1) is 23.4. The zero-order chi connectivity index (χ0) is 9.28. The SMILES string of the molecule is N.N.O=[PH](O)O[PH](=O)O.OCCCl. The Morgan fingerprint density at radius 3 is 1.38 bits per heavy atom. The zero-order valence-electron chi connectivity index (χ0n) is 6.77. The number of aliphatic hydroxyl groups is 1. The molecule has 0 amide bonds. The number of alkyl halides is 1. The predicted octanol–water partition coefficient (Wildman–Crippen LogP) is 0.308. The predicted molar refractivity (Wildman–Crippen MR) is 51.4 cm³/mol. The van der Waals surface area contributed by atoms with Gasteiger partial charge in [-0.1, -0.05) is 0 Å². The second-order valence-corrected chi connectivity index (χ2v) is 3.30. The summed E-state index contributed by atoms with van der Waals surface area (Å²) in [5, 5.41) is 7.74. The third-order valence-electron chi connectivity index (χ3n) is 0.259. The molecule has 0 bridgehead atoms. The van der Waals surface area contributed by atoms with E-state index in [4.69, 9.17) is 26.5 Å². The van der Waals surface area contributed by atoms with Crippen molar-refractivity contribution in [1.29, 1.82) is 0 Å². The summed E-state index contributed by atoms with van der Waals surface area (Å²) in [5.41, 5.74) is 0. The Labute approximate surface area is 81.9 Å². The first-order valence-electron chi connectivity index (χ1n) is 2.35. The van der Waals surface area contributed by atoms with Gasteiger partial charge in [0.1, 0.15) is 0 Å². The Hall–Kier alpha value is 0.510. The summed E-state index contributed by atoms with van der Waals surface area (Å²) in [6.07, 6.45) is 0. The van der Waals surface area contributed by atoms with E-state index in [1.165, 1.54) is 0 Å². The minimum Gasteiger partial charge on any atom is -0.395 e. The quantitative estimate of drug-likeness (QED) is 0.356. The van der Waals surface area contributed by atoms with Gasteiger partial charge in [0.2, 0.25) is 0 Å². The van der Waals surface area contributed by atoms with E-state index in [1.807, 2.05) is 0 Å². The van der Waals surface area contributed by atoms with E-state index in [9.17, 15) is 9.13 Å². The Kier molecular flexibility index (Phi) is 33.0. The highest BCUT2D eigenvalue weighted by atomic mass is 35.5. The van der Waals surface area contributed by atoms with E-state index in [2.05, 4.69) is 4.31 Å². The third-order valence-corrected chi connectivity index (χ3v) is 1.83. The Balaban J connectivity index is -0.0000000600. The highest BCUT2D eigenvalue weighted by molar-refractivity contribution is 7.46. The summed E-state index contributed by atoms with van der Waals surface area (Å²) in [7, 11) is -6.40. The molecular formula is C2H15ClN2O6P2. The lowest BCUT2D eigenvalue weighted by Gasteiger charge is -1.86. The highest BCUT2D eigenvalue weighted by Gasteiger charge is 1.93. The van der Waals surface area contributed by atoms with Crippen molar-refractivity contribution in [3.05, 3.63) is 0 Å². The van der Waals surface area contributed by atoms with E-state index in [0.717, 1.165) is 0 Å². The molecule has 0 fully saturated rings. The summed E-state index contributed by atoms with van der Waals surface area (Å²) >= 11 is 4.94. The fourth-order valence-electron chi connectivity index (χ4n) is 0.0747. The number of hydrogen-bond acceptors (Lipinski definition) is 6. The van der Waals surface area contributed by atoms with Crippen LogP contribution in [0.4, 0.5) is 0 Å². The van der Waals surface area contributed by atoms with Gasteiger partial charge in [0.15, 0.2) is 0 Å². The number of halogens is 1. The number of aliphatic hydroxyl groups excluding tert-OH is 1. The molecule has 0 aromatic rings. The molecule has 13 heavy (non-hydrogen) atoms. The summed E-state index contributed by atoms with van der Waals surface area (Å²) in [5.74, 6) is 0.347. The van der Waals surface area contributed by atoms with Crippen LogP contribution >= 0.6 is 28.1 Å². The molecule has 11 heteroatoms. The summed E-state index contributed by atoms with van der Waals surface area (Å²) in [6, 6.07) is 0. The van der Waals surface area contributed by atoms with Crippen LogP contribution in [0, 0.1) is 0 Å². The van der Waals surface area contributed by atoms with E-state index < -0.39 is 16.5 Å². The smallest absolute Gasteiger partial charge is 0.323 e. The van der Waals surface area contributed by atoms with Crippen LogP contribution in [0.25, 0.3) is 0 Å². The minimum absolute atomic E-state index is 0. The molecule has 0 aliphatic rings. The normalized spacial score (nSPS) is 12.3. The monoisotopic (exact) mass is 260 g/mol. The van der Waals surface area contributed by atoms with Gasteiger partial charge in [-0.25, -0.2) is 4.31 Å². The van der Waals surface area contributed by atoms with Crippen molar-refractivity contribution >= 4 is 28.1 Å². The molecule has 0 aromatic carbocycles. The molecule has 2 unspecified atom stereocenters. The van der Waals surface area contributed by atoms with Gasteiger partial charge in [-0.3, -0.25) is 9.13 Å². The van der Waals surface area contributed by atoms with E-state index >= 15 is 0 Å². The second-order valence-electron chi connectivity index (χ2n) is 1.05. The molecule has 0 rings (SSSR count). The van der Waals surface area contributed by atoms with Gasteiger partial charge in [0.05, 0.1) is 6.61 Å². The summed E-state index contributed by atoms with van der Waals surface area (Å²) in [6.45, 7) is 0.0849. The van der Waals surface area contributed by atoms with Crippen LogP contribution in [0.1, 0.15) is 0 Å².